The molecular formula is C16H19ClN2O2. The van der Waals surface area contributed by atoms with Gasteiger partial charge in [0.1, 0.15) is 12.4 Å². The zero-order valence-corrected chi connectivity index (χ0v) is 12.9. The number of methoxy groups -OCH3 is 1. The smallest absolute Gasteiger partial charge is 0.124 e. The van der Waals surface area contributed by atoms with Crippen LogP contribution in [0.1, 0.15) is 17.2 Å². The number of pyridine rings is 1. The summed E-state index contributed by atoms with van der Waals surface area (Å²) < 4.78 is 10.8. The Balaban J connectivity index is 2.32. The number of nitrogens with one attached hydrogen (secondary N) is 1. The van der Waals surface area contributed by atoms with Crippen molar-refractivity contribution in [3.8, 4) is 5.75 Å². The van der Waals surface area contributed by atoms with E-state index in [2.05, 4.69) is 10.3 Å². The van der Waals surface area contributed by atoms with E-state index in [0.717, 1.165) is 16.9 Å². The highest BCUT2D eigenvalue weighted by atomic mass is 35.5. The summed E-state index contributed by atoms with van der Waals surface area (Å²) in [5, 5.41) is 3.91. The van der Waals surface area contributed by atoms with E-state index in [1.807, 2.05) is 37.4 Å². The fourth-order valence-corrected chi connectivity index (χ4v) is 2.41. The Morgan fingerprint density at radius 2 is 2.00 bits per heavy atom. The Bertz CT molecular complexity index is 578. The monoisotopic (exact) mass is 306 g/mol. The molecule has 0 saturated heterocycles. The fraction of sp³-hybridized carbons (Fsp3) is 0.312. The van der Waals surface area contributed by atoms with Crippen LogP contribution in [0.3, 0.4) is 0 Å². The van der Waals surface area contributed by atoms with E-state index in [0.29, 0.717) is 18.2 Å². The van der Waals surface area contributed by atoms with Gasteiger partial charge in [0, 0.05) is 25.1 Å². The first-order chi connectivity index (χ1) is 10.3. The standard InChI is InChI=1S/C16H19ClN2O2/c1-18-16(12-7-8-19-11-14(12)17)13-5-3-4-6-15(13)21-10-9-20-2/h3-8,11,16,18H,9-10H2,1-2H3. The van der Waals surface area contributed by atoms with Crippen molar-refractivity contribution in [3.63, 3.8) is 0 Å². The first-order valence-corrected chi connectivity index (χ1v) is 7.13. The van der Waals surface area contributed by atoms with Gasteiger partial charge in [-0.15, -0.1) is 0 Å². The maximum Gasteiger partial charge on any atom is 0.124 e. The van der Waals surface area contributed by atoms with Gasteiger partial charge in [-0.2, -0.15) is 0 Å². The number of benzene rings is 1. The second-order valence-corrected chi connectivity index (χ2v) is 4.91. The third kappa shape index (κ3) is 3.94. The Hall–Kier alpha value is -1.62. The average molecular weight is 307 g/mol. The van der Waals surface area contributed by atoms with Crippen LogP contribution in [0.4, 0.5) is 0 Å². The highest BCUT2D eigenvalue weighted by Crippen LogP contribution is 2.32. The van der Waals surface area contributed by atoms with Crippen molar-refractivity contribution in [2.75, 3.05) is 27.4 Å². The summed E-state index contributed by atoms with van der Waals surface area (Å²) in [6.45, 7) is 1.06. The predicted octanol–water partition coefficient (Wildman–Crippen LogP) is 3.07. The molecule has 0 spiro atoms. The quantitative estimate of drug-likeness (QED) is 0.798. The van der Waals surface area contributed by atoms with Gasteiger partial charge < -0.3 is 14.8 Å². The van der Waals surface area contributed by atoms with Gasteiger partial charge in [0.15, 0.2) is 0 Å². The molecule has 1 unspecified atom stereocenters. The molecular weight excluding hydrogens is 288 g/mol. The third-order valence-corrected chi connectivity index (χ3v) is 3.49. The molecule has 0 aliphatic rings. The molecule has 5 heteroatoms. The minimum absolute atomic E-state index is 0.0563. The molecule has 112 valence electrons. The zero-order valence-electron chi connectivity index (χ0n) is 12.2. The van der Waals surface area contributed by atoms with Crippen LogP contribution in [0, 0.1) is 0 Å². The molecule has 0 amide bonds. The van der Waals surface area contributed by atoms with Crippen molar-refractivity contribution in [1.29, 1.82) is 0 Å². The van der Waals surface area contributed by atoms with Gasteiger partial charge in [-0.3, -0.25) is 4.98 Å². The summed E-state index contributed by atoms with van der Waals surface area (Å²) in [4.78, 5) is 4.03. The lowest BCUT2D eigenvalue weighted by Gasteiger charge is -2.21. The van der Waals surface area contributed by atoms with E-state index in [9.17, 15) is 0 Å². The molecule has 0 aliphatic heterocycles. The molecule has 1 aromatic heterocycles. The van der Waals surface area contributed by atoms with Crippen molar-refractivity contribution in [2.45, 2.75) is 6.04 Å². The van der Waals surface area contributed by atoms with E-state index >= 15 is 0 Å². The lowest BCUT2D eigenvalue weighted by Crippen LogP contribution is -2.19. The summed E-state index contributed by atoms with van der Waals surface area (Å²) >= 11 is 6.26. The molecule has 4 nitrogen and oxygen atoms in total. The molecule has 0 aliphatic carbocycles. The van der Waals surface area contributed by atoms with E-state index < -0.39 is 0 Å². The molecule has 1 atom stereocenters. The summed E-state index contributed by atoms with van der Waals surface area (Å²) in [6, 6.07) is 9.77. The number of rotatable bonds is 7. The van der Waals surface area contributed by atoms with Crippen LogP contribution in [-0.2, 0) is 4.74 Å². The second-order valence-electron chi connectivity index (χ2n) is 4.50. The maximum absolute atomic E-state index is 6.26. The van der Waals surface area contributed by atoms with Crippen LogP contribution in [0.5, 0.6) is 5.75 Å². The van der Waals surface area contributed by atoms with E-state index in [4.69, 9.17) is 21.1 Å². The second kappa shape index (κ2) is 7.98. The summed E-state index contributed by atoms with van der Waals surface area (Å²) in [7, 11) is 3.55. The van der Waals surface area contributed by atoms with Crippen LogP contribution < -0.4 is 10.1 Å². The summed E-state index contributed by atoms with van der Waals surface area (Å²) in [5.74, 6) is 0.821. The Morgan fingerprint density at radius 1 is 1.19 bits per heavy atom. The summed E-state index contributed by atoms with van der Waals surface area (Å²) in [6.07, 6.45) is 3.38. The number of hydrogen-bond donors (Lipinski definition) is 1. The highest BCUT2D eigenvalue weighted by molar-refractivity contribution is 6.31. The number of hydrogen-bond acceptors (Lipinski definition) is 4. The van der Waals surface area contributed by atoms with Gasteiger partial charge in [-0.05, 0) is 24.7 Å². The Morgan fingerprint density at radius 3 is 2.71 bits per heavy atom. The summed E-state index contributed by atoms with van der Waals surface area (Å²) in [5.41, 5.74) is 2.00. The lowest BCUT2D eigenvalue weighted by atomic mass is 9.99. The van der Waals surface area contributed by atoms with E-state index in [1.165, 1.54) is 0 Å². The fourth-order valence-electron chi connectivity index (χ4n) is 2.18. The predicted molar refractivity (Wildman–Crippen MR) is 84.0 cm³/mol. The molecule has 0 radical (unpaired) electrons. The number of ether oxygens (including phenoxy) is 2. The third-order valence-electron chi connectivity index (χ3n) is 3.18. The molecule has 2 aromatic rings. The minimum Gasteiger partial charge on any atom is -0.491 e. The first kappa shape index (κ1) is 15.8. The van der Waals surface area contributed by atoms with Crippen molar-refractivity contribution >= 4 is 11.6 Å². The van der Waals surface area contributed by atoms with Gasteiger partial charge in [0.05, 0.1) is 17.7 Å². The van der Waals surface area contributed by atoms with Crippen molar-refractivity contribution in [1.82, 2.24) is 10.3 Å². The zero-order chi connectivity index (χ0) is 15.1. The van der Waals surface area contributed by atoms with Crippen LogP contribution in [0.25, 0.3) is 0 Å². The number of nitrogens with zero attached hydrogens (tertiary/aromatic N) is 1. The van der Waals surface area contributed by atoms with Crippen molar-refractivity contribution in [2.24, 2.45) is 0 Å². The molecule has 1 heterocycles. The molecule has 21 heavy (non-hydrogen) atoms. The SMILES string of the molecule is CNC(c1ccncc1Cl)c1ccccc1OCCOC. The number of halogens is 1. The first-order valence-electron chi connectivity index (χ1n) is 6.75. The average Bonchev–Trinajstić information content (AvgIpc) is 2.51. The van der Waals surface area contributed by atoms with Crippen LogP contribution in [-0.4, -0.2) is 32.4 Å². The van der Waals surface area contributed by atoms with Gasteiger partial charge in [0.25, 0.3) is 0 Å². The van der Waals surface area contributed by atoms with Crippen molar-refractivity contribution < 1.29 is 9.47 Å². The topological polar surface area (TPSA) is 43.4 Å². The number of aromatic nitrogens is 1. The van der Waals surface area contributed by atoms with Gasteiger partial charge in [-0.1, -0.05) is 29.8 Å². The van der Waals surface area contributed by atoms with Gasteiger partial charge >= 0.3 is 0 Å². The van der Waals surface area contributed by atoms with Crippen LogP contribution in [0.15, 0.2) is 42.7 Å². The van der Waals surface area contributed by atoms with Gasteiger partial charge in [0.2, 0.25) is 0 Å². The maximum atomic E-state index is 6.26. The minimum atomic E-state index is -0.0563. The molecule has 1 N–H and O–H groups in total. The van der Waals surface area contributed by atoms with E-state index in [1.54, 1.807) is 19.5 Å². The van der Waals surface area contributed by atoms with Crippen LogP contribution >= 0.6 is 11.6 Å². The van der Waals surface area contributed by atoms with Crippen molar-refractivity contribution in [3.05, 3.63) is 58.9 Å². The largest absolute Gasteiger partial charge is 0.491 e. The molecule has 1 aromatic carbocycles. The number of para-hydroxylation sites is 1. The molecule has 0 fully saturated rings. The molecule has 2 rings (SSSR count). The molecule has 0 saturated carbocycles. The van der Waals surface area contributed by atoms with E-state index in [-0.39, 0.29) is 6.04 Å². The lowest BCUT2D eigenvalue weighted by molar-refractivity contribution is 0.145. The molecule has 0 bridgehead atoms. The van der Waals surface area contributed by atoms with Crippen LogP contribution in [0.2, 0.25) is 5.02 Å². The Kier molecular flexibility index (Phi) is 5.99. The van der Waals surface area contributed by atoms with Gasteiger partial charge in [-0.25, -0.2) is 0 Å². The normalized spacial score (nSPS) is 12.1. The highest BCUT2D eigenvalue weighted by Gasteiger charge is 2.18. The Labute approximate surface area is 130 Å².